The summed E-state index contributed by atoms with van der Waals surface area (Å²) in [5.41, 5.74) is 1.21. The van der Waals surface area contributed by atoms with E-state index in [0.717, 1.165) is 30.3 Å². The first-order chi connectivity index (χ1) is 7.77. The second-order valence-corrected chi connectivity index (χ2v) is 5.07. The van der Waals surface area contributed by atoms with Crippen LogP contribution in [0.15, 0.2) is 23.1 Å². The molecule has 2 N–H and O–H groups in total. The molecule has 2 nitrogen and oxygen atoms in total. The third kappa shape index (κ3) is 4.74. The van der Waals surface area contributed by atoms with E-state index in [4.69, 9.17) is 16.7 Å². The summed E-state index contributed by atoms with van der Waals surface area (Å²) >= 11 is 7.64. The molecule has 16 heavy (non-hydrogen) atoms. The molecule has 0 saturated heterocycles. The van der Waals surface area contributed by atoms with Crippen molar-refractivity contribution in [3.05, 3.63) is 28.8 Å². The maximum Gasteiger partial charge on any atom is 0.0525 e. The third-order valence-electron chi connectivity index (χ3n) is 2.11. The molecule has 1 aromatic rings. The van der Waals surface area contributed by atoms with E-state index in [9.17, 15) is 0 Å². The third-order valence-corrected chi connectivity index (χ3v) is 3.44. The van der Waals surface area contributed by atoms with Gasteiger partial charge in [0.2, 0.25) is 0 Å². The highest BCUT2D eigenvalue weighted by Gasteiger charge is 2.03. The lowest BCUT2D eigenvalue weighted by molar-refractivity contribution is 0.322. The predicted molar refractivity (Wildman–Crippen MR) is 71.3 cm³/mol. The average molecular weight is 260 g/mol. The maximum absolute atomic E-state index is 8.82. The fourth-order valence-electron chi connectivity index (χ4n) is 1.38. The smallest absolute Gasteiger partial charge is 0.0525 e. The van der Waals surface area contributed by atoms with Gasteiger partial charge in [0.25, 0.3) is 0 Å². The molecule has 0 aliphatic carbocycles. The first-order valence-corrected chi connectivity index (χ1v) is 6.87. The molecule has 0 amide bonds. The van der Waals surface area contributed by atoms with Crippen LogP contribution < -0.4 is 5.32 Å². The minimum Gasteiger partial charge on any atom is -0.396 e. The molecule has 1 aromatic carbocycles. The number of nitrogens with one attached hydrogen (secondary N) is 1. The quantitative estimate of drug-likeness (QED) is 0.583. The number of aliphatic hydroxyl groups excluding tert-OH is 1. The molecule has 0 unspecified atom stereocenters. The van der Waals surface area contributed by atoms with Crippen molar-refractivity contribution in [3.63, 3.8) is 0 Å². The lowest BCUT2D eigenvalue weighted by Gasteiger charge is -2.10. The van der Waals surface area contributed by atoms with Gasteiger partial charge in [0.15, 0.2) is 0 Å². The number of thioether (sulfide) groups is 1. The Morgan fingerprint density at radius 1 is 1.44 bits per heavy atom. The topological polar surface area (TPSA) is 32.3 Å². The highest BCUT2D eigenvalue weighted by Crippen LogP contribution is 2.25. The summed E-state index contributed by atoms with van der Waals surface area (Å²) < 4.78 is 0. The lowest BCUT2D eigenvalue weighted by Crippen LogP contribution is -2.14. The molecule has 0 aliphatic heterocycles. The summed E-state index contributed by atoms with van der Waals surface area (Å²) in [4.78, 5) is 1.20. The minimum atomic E-state index is 0.203. The van der Waals surface area contributed by atoms with Crippen LogP contribution in [-0.4, -0.2) is 24.0 Å². The lowest BCUT2D eigenvalue weighted by atomic mass is 10.2. The second kappa shape index (κ2) is 7.96. The molecule has 0 bridgehead atoms. The Morgan fingerprint density at radius 3 is 2.94 bits per heavy atom. The van der Waals surface area contributed by atoms with Crippen LogP contribution in [0.4, 0.5) is 0 Å². The van der Waals surface area contributed by atoms with E-state index < -0.39 is 0 Å². The second-order valence-electron chi connectivity index (χ2n) is 3.50. The predicted octanol–water partition coefficient (Wildman–Crippen LogP) is 2.92. The van der Waals surface area contributed by atoms with Crippen LogP contribution in [0.3, 0.4) is 0 Å². The van der Waals surface area contributed by atoms with Gasteiger partial charge in [0.05, 0.1) is 6.61 Å². The van der Waals surface area contributed by atoms with Crippen LogP contribution in [0.5, 0.6) is 0 Å². The van der Waals surface area contributed by atoms with E-state index in [1.54, 1.807) is 11.8 Å². The summed E-state index contributed by atoms with van der Waals surface area (Å²) in [7, 11) is 0. The Morgan fingerprint density at radius 2 is 2.25 bits per heavy atom. The van der Waals surface area contributed by atoms with Gasteiger partial charge >= 0.3 is 0 Å². The fourth-order valence-corrected chi connectivity index (χ4v) is 2.37. The monoisotopic (exact) mass is 259 g/mol. The van der Waals surface area contributed by atoms with Crippen molar-refractivity contribution in [2.75, 3.05) is 18.9 Å². The van der Waals surface area contributed by atoms with Crippen molar-refractivity contribution < 1.29 is 5.11 Å². The molecule has 1 rings (SSSR count). The van der Waals surface area contributed by atoms with Crippen LogP contribution >= 0.6 is 23.4 Å². The van der Waals surface area contributed by atoms with Crippen LogP contribution in [0.25, 0.3) is 0 Å². The number of benzene rings is 1. The van der Waals surface area contributed by atoms with Gasteiger partial charge in [0, 0.05) is 22.2 Å². The van der Waals surface area contributed by atoms with E-state index in [1.165, 1.54) is 10.5 Å². The van der Waals surface area contributed by atoms with Gasteiger partial charge in [-0.25, -0.2) is 0 Å². The van der Waals surface area contributed by atoms with E-state index >= 15 is 0 Å². The highest BCUT2D eigenvalue weighted by molar-refractivity contribution is 7.99. The molecule has 0 spiro atoms. The van der Waals surface area contributed by atoms with Crippen molar-refractivity contribution in [3.8, 4) is 0 Å². The highest BCUT2D eigenvalue weighted by atomic mass is 35.5. The zero-order chi connectivity index (χ0) is 11.8. The molecule has 0 saturated carbocycles. The average Bonchev–Trinajstić information content (AvgIpc) is 2.28. The standard InChI is InChI=1S/C12H18ClNOS/c1-2-5-14-9-10-8-11(13)3-4-12(10)16-7-6-15/h3-4,8,14-15H,2,5-7,9H2,1H3. The summed E-state index contributed by atoms with van der Waals surface area (Å²) in [5, 5.41) is 13.0. The first kappa shape index (κ1) is 13.8. The Kier molecular flexibility index (Phi) is 6.88. The van der Waals surface area contributed by atoms with Crippen LogP contribution in [-0.2, 0) is 6.54 Å². The van der Waals surface area contributed by atoms with Gasteiger partial charge < -0.3 is 10.4 Å². The summed E-state index contributed by atoms with van der Waals surface area (Å²) in [6.07, 6.45) is 1.12. The Labute approximate surface area is 106 Å². The molecule has 4 heteroatoms. The molecular formula is C12H18ClNOS. The number of halogens is 1. The largest absolute Gasteiger partial charge is 0.396 e. The SMILES string of the molecule is CCCNCc1cc(Cl)ccc1SCCO. The van der Waals surface area contributed by atoms with Crippen molar-refractivity contribution in [2.45, 2.75) is 24.8 Å². The molecule has 0 aromatic heterocycles. The molecule has 90 valence electrons. The van der Waals surface area contributed by atoms with Gasteiger partial charge in [-0.1, -0.05) is 18.5 Å². The number of rotatable bonds is 7. The van der Waals surface area contributed by atoms with Gasteiger partial charge in [-0.2, -0.15) is 0 Å². The summed E-state index contributed by atoms with van der Waals surface area (Å²) in [6, 6.07) is 5.90. The van der Waals surface area contributed by atoms with E-state index in [0.29, 0.717) is 0 Å². The van der Waals surface area contributed by atoms with E-state index in [2.05, 4.69) is 12.2 Å². The number of hydrogen-bond donors (Lipinski definition) is 2. The van der Waals surface area contributed by atoms with Crippen LogP contribution in [0.1, 0.15) is 18.9 Å². The van der Waals surface area contributed by atoms with Crippen molar-refractivity contribution in [1.82, 2.24) is 5.32 Å². The molecule has 0 heterocycles. The van der Waals surface area contributed by atoms with Gasteiger partial charge in [-0.3, -0.25) is 0 Å². The number of aliphatic hydroxyl groups is 1. The van der Waals surface area contributed by atoms with Gasteiger partial charge in [-0.05, 0) is 36.7 Å². The van der Waals surface area contributed by atoms with Crippen molar-refractivity contribution in [1.29, 1.82) is 0 Å². The summed E-state index contributed by atoms with van der Waals surface area (Å²) in [5.74, 6) is 0.725. The normalized spacial score (nSPS) is 10.7. The van der Waals surface area contributed by atoms with E-state index in [-0.39, 0.29) is 6.61 Å². The van der Waals surface area contributed by atoms with Gasteiger partial charge in [0.1, 0.15) is 0 Å². The van der Waals surface area contributed by atoms with Crippen LogP contribution in [0.2, 0.25) is 5.02 Å². The Hall–Kier alpha value is -0.220. The van der Waals surface area contributed by atoms with Gasteiger partial charge in [-0.15, -0.1) is 11.8 Å². The van der Waals surface area contributed by atoms with Crippen LogP contribution in [0, 0.1) is 0 Å². The zero-order valence-electron chi connectivity index (χ0n) is 9.50. The molecular weight excluding hydrogens is 242 g/mol. The maximum atomic E-state index is 8.82. The zero-order valence-corrected chi connectivity index (χ0v) is 11.1. The van der Waals surface area contributed by atoms with Crippen molar-refractivity contribution >= 4 is 23.4 Å². The molecule has 0 atom stereocenters. The Balaban J connectivity index is 2.65. The van der Waals surface area contributed by atoms with E-state index in [1.807, 2.05) is 18.2 Å². The molecule has 0 fully saturated rings. The first-order valence-electron chi connectivity index (χ1n) is 5.50. The van der Waals surface area contributed by atoms with Crippen molar-refractivity contribution in [2.24, 2.45) is 0 Å². The minimum absolute atomic E-state index is 0.203. The fraction of sp³-hybridized carbons (Fsp3) is 0.500. The Bertz CT molecular complexity index is 320. The number of hydrogen-bond acceptors (Lipinski definition) is 3. The molecule has 0 aliphatic rings. The summed E-state index contributed by atoms with van der Waals surface area (Å²) in [6.45, 7) is 4.19. The molecule has 0 radical (unpaired) electrons.